The summed E-state index contributed by atoms with van der Waals surface area (Å²) in [5.41, 5.74) is 2.07. The molecule has 19 heavy (non-hydrogen) atoms. The molecule has 1 heterocycles. The molecule has 2 aromatic rings. The smallest absolute Gasteiger partial charge is 0.0572 e. The number of aliphatic hydroxyl groups excluding tert-OH is 1. The minimum absolute atomic E-state index is 0.105. The van der Waals surface area contributed by atoms with Crippen LogP contribution in [0.1, 0.15) is 17.5 Å². The molecule has 0 saturated heterocycles. The lowest BCUT2D eigenvalue weighted by atomic mass is 9.72. The summed E-state index contributed by atoms with van der Waals surface area (Å²) in [6.45, 7) is 3.98. The van der Waals surface area contributed by atoms with Crippen LogP contribution in [0.2, 0.25) is 0 Å². The number of allylic oxidation sites excluding steroid dienone is 1. The second kappa shape index (κ2) is 4.87. The number of rotatable bonds is 3. The van der Waals surface area contributed by atoms with Gasteiger partial charge in [-0.25, -0.2) is 0 Å². The summed E-state index contributed by atoms with van der Waals surface area (Å²) in [6.07, 6.45) is 2.65. The lowest BCUT2D eigenvalue weighted by molar-refractivity contribution is 0.216. The maximum absolute atomic E-state index is 10.1. The fraction of sp³-hybridized carbons (Fsp3) is 0.176. The van der Waals surface area contributed by atoms with E-state index in [2.05, 4.69) is 43.0 Å². The molecule has 3 rings (SSSR count). The third-order valence-corrected chi connectivity index (χ3v) is 4.94. The fourth-order valence-electron chi connectivity index (χ4n) is 2.87. The van der Waals surface area contributed by atoms with E-state index in [1.807, 2.05) is 18.2 Å². The average Bonchev–Trinajstić information content (AvgIpc) is 2.47. The van der Waals surface area contributed by atoms with Gasteiger partial charge in [-0.05, 0) is 29.7 Å². The van der Waals surface area contributed by atoms with Crippen molar-refractivity contribution >= 4 is 11.8 Å². The van der Waals surface area contributed by atoms with Crippen molar-refractivity contribution < 1.29 is 5.11 Å². The van der Waals surface area contributed by atoms with Gasteiger partial charge in [0.05, 0.1) is 6.61 Å². The number of hydrogen-bond acceptors (Lipinski definition) is 2. The standard InChI is InChI=1S/C17H16OS/c1-2-11-17(12-18)13-7-3-5-9-15(13)19-16-10-6-4-8-14(16)17/h2-10,18H,1,11-12H2. The van der Waals surface area contributed by atoms with E-state index in [0.717, 1.165) is 6.42 Å². The summed E-state index contributed by atoms with van der Waals surface area (Å²) in [6, 6.07) is 16.7. The van der Waals surface area contributed by atoms with E-state index in [-0.39, 0.29) is 12.0 Å². The number of aliphatic hydroxyl groups is 1. The van der Waals surface area contributed by atoms with Crippen LogP contribution in [0.4, 0.5) is 0 Å². The Morgan fingerprint density at radius 3 is 2.00 bits per heavy atom. The van der Waals surface area contributed by atoms with Crippen LogP contribution in [0.5, 0.6) is 0 Å². The quantitative estimate of drug-likeness (QED) is 0.849. The first kappa shape index (κ1) is 12.5. The Labute approximate surface area is 118 Å². The van der Waals surface area contributed by atoms with Gasteiger partial charge < -0.3 is 5.11 Å². The van der Waals surface area contributed by atoms with Gasteiger partial charge in [0, 0.05) is 15.2 Å². The Hall–Kier alpha value is -1.51. The molecule has 96 valence electrons. The van der Waals surface area contributed by atoms with Crippen molar-refractivity contribution in [2.75, 3.05) is 6.61 Å². The summed E-state index contributed by atoms with van der Waals surface area (Å²) in [5.74, 6) is 0. The Balaban J connectivity index is 2.29. The molecule has 0 bridgehead atoms. The van der Waals surface area contributed by atoms with Gasteiger partial charge in [0.1, 0.15) is 0 Å². The minimum Gasteiger partial charge on any atom is -0.395 e. The minimum atomic E-state index is -0.347. The van der Waals surface area contributed by atoms with Gasteiger partial charge in [0.2, 0.25) is 0 Å². The van der Waals surface area contributed by atoms with Crippen LogP contribution in [0.3, 0.4) is 0 Å². The van der Waals surface area contributed by atoms with Crippen LogP contribution in [0, 0.1) is 0 Å². The Morgan fingerprint density at radius 1 is 1.00 bits per heavy atom. The highest BCUT2D eigenvalue weighted by Gasteiger charge is 2.39. The van der Waals surface area contributed by atoms with Crippen LogP contribution < -0.4 is 0 Å². The lowest BCUT2D eigenvalue weighted by Crippen LogP contribution is -2.34. The van der Waals surface area contributed by atoms with Gasteiger partial charge in [-0.2, -0.15) is 0 Å². The first-order valence-corrected chi connectivity index (χ1v) is 7.22. The van der Waals surface area contributed by atoms with Gasteiger partial charge in [-0.15, -0.1) is 6.58 Å². The van der Waals surface area contributed by atoms with Crippen LogP contribution in [-0.2, 0) is 5.41 Å². The molecule has 0 saturated carbocycles. The number of hydrogen-bond donors (Lipinski definition) is 1. The SMILES string of the molecule is C=CCC1(CO)c2ccccc2Sc2ccccc21. The predicted octanol–water partition coefficient (Wildman–Crippen LogP) is 4.01. The molecule has 0 unspecified atom stereocenters. The van der Waals surface area contributed by atoms with Gasteiger partial charge in [0.15, 0.2) is 0 Å². The van der Waals surface area contributed by atoms with Crippen LogP contribution in [-0.4, -0.2) is 11.7 Å². The molecule has 1 aliphatic rings. The molecule has 0 aliphatic carbocycles. The highest BCUT2D eigenvalue weighted by Crippen LogP contribution is 2.50. The van der Waals surface area contributed by atoms with Crippen molar-refractivity contribution in [3.05, 3.63) is 72.3 Å². The van der Waals surface area contributed by atoms with Crippen molar-refractivity contribution in [2.24, 2.45) is 0 Å². The van der Waals surface area contributed by atoms with Gasteiger partial charge in [0.25, 0.3) is 0 Å². The molecule has 0 aromatic heterocycles. The molecule has 0 fully saturated rings. The molecule has 1 nitrogen and oxygen atoms in total. The molecule has 0 amide bonds. The number of benzene rings is 2. The van der Waals surface area contributed by atoms with E-state index in [9.17, 15) is 5.11 Å². The Morgan fingerprint density at radius 2 is 1.53 bits per heavy atom. The normalized spacial score (nSPS) is 15.4. The van der Waals surface area contributed by atoms with E-state index in [0.29, 0.717) is 0 Å². The van der Waals surface area contributed by atoms with Gasteiger partial charge in [-0.3, -0.25) is 0 Å². The van der Waals surface area contributed by atoms with Crippen LogP contribution >= 0.6 is 11.8 Å². The van der Waals surface area contributed by atoms with Gasteiger partial charge in [-0.1, -0.05) is 54.2 Å². The molecule has 2 aromatic carbocycles. The van der Waals surface area contributed by atoms with E-state index in [4.69, 9.17) is 0 Å². The van der Waals surface area contributed by atoms with Crippen molar-refractivity contribution in [3.63, 3.8) is 0 Å². The maximum atomic E-state index is 10.1. The van der Waals surface area contributed by atoms with Crippen molar-refractivity contribution in [3.8, 4) is 0 Å². The molecular formula is C17H16OS. The predicted molar refractivity (Wildman–Crippen MR) is 79.7 cm³/mol. The summed E-state index contributed by atoms with van der Waals surface area (Å²) >= 11 is 1.78. The molecule has 1 aliphatic heterocycles. The number of fused-ring (bicyclic) bond motifs is 2. The monoisotopic (exact) mass is 268 g/mol. The van der Waals surface area contributed by atoms with E-state index in [1.54, 1.807) is 11.8 Å². The summed E-state index contributed by atoms with van der Waals surface area (Å²) in [5, 5.41) is 10.1. The zero-order valence-corrected chi connectivity index (χ0v) is 11.5. The third kappa shape index (κ3) is 1.83. The van der Waals surface area contributed by atoms with E-state index in [1.165, 1.54) is 20.9 Å². The van der Waals surface area contributed by atoms with Crippen LogP contribution in [0.15, 0.2) is 71.0 Å². The highest BCUT2D eigenvalue weighted by atomic mass is 32.2. The molecule has 2 heteroatoms. The fourth-order valence-corrected chi connectivity index (χ4v) is 4.14. The Kier molecular flexibility index (Phi) is 3.21. The zero-order valence-electron chi connectivity index (χ0n) is 10.7. The van der Waals surface area contributed by atoms with Crippen molar-refractivity contribution in [2.45, 2.75) is 21.6 Å². The topological polar surface area (TPSA) is 20.2 Å². The zero-order chi connectivity index (χ0) is 13.3. The molecule has 0 radical (unpaired) electrons. The summed E-state index contributed by atoms with van der Waals surface area (Å²) in [4.78, 5) is 2.47. The molecule has 0 atom stereocenters. The average molecular weight is 268 g/mol. The maximum Gasteiger partial charge on any atom is 0.0572 e. The first-order chi connectivity index (χ1) is 9.31. The van der Waals surface area contributed by atoms with E-state index >= 15 is 0 Å². The molecular weight excluding hydrogens is 252 g/mol. The molecule has 1 N–H and O–H groups in total. The third-order valence-electron chi connectivity index (χ3n) is 3.79. The second-order valence-electron chi connectivity index (χ2n) is 4.83. The summed E-state index contributed by atoms with van der Waals surface area (Å²) in [7, 11) is 0. The lowest BCUT2D eigenvalue weighted by Gasteiger charge is -2.38. The van der Waals surface area contributed by atoms with Gasteiger partial charge >= 0.3 is 0 Å². The second-order valence-corrected chi connectivity index (χ2v) is 5.91. The molecule has 0 spiro atoms. The Bertz CT molecular complexity index is 573. The van der Waals surface area contributed by atoms with Crippen molar-refractivity contribution in [1.29, 1.82) is 0 Å². The highest BCUT2D eigenvalue weighted by molar-refractivity contribution is 7.99. The summed E-state index contributed by atoms with van der Waals surface area (Å²) < 4.78 is 0. The largest absolute Gasteiger partial charge is 0.395 e. The first-order valence-electron chi connectivity index (χ1n) is 6.40. The van der Waals surface area contributed by atoms with Crippen LogP contribution in [0.25, 0.3) is 0 Å². The van der Waals surface area contributed by atoms with Crippen molar-refractivity contribution in [1.82, 2.24) is 0 Å². The van der Waals surface area contributed by atoms with E-state index < -0.39 is 0 Å².